The summed E-state index contributed by atoms with van der Waals surface area (Å²) in [4.78, 5) is 2.67. The zero-order valence-corrected chi connectivity index (χ0v) is 14.6. The predicted molar refractivity (Wildman–Crippen MR) is 91.6 cm³/mol. The Bertz CT molecular complexity index is 438. The number of rotatable bonds is 5. The van der Waals surface area contributed by atoms with Gasteiger partial charge in [0.05, 0.1) is 0 Å². The molecule has 0 aromatic heterocycles. The molecular weight excluding hydrogens is 392 g/mol. The van der Waals surface area contributed by atoms with Crippen LogP contribution in [-0.2, 0) is 5.33 Å². The summed E-state index contributed by atoms with van der Waals surface area (Å²) in [5.41, 5.74) is 1.32. The van der Waals surface area contributed by atoms with Gasteiger partial charge in [0.15, 0.2) is 0 Å². The lowest BCUT2D eigenvalue weighted by atomic mass is 10.0. The number of hydrogen-bond donors (Lipinski definition) is 0. The third-order valence-electron chi connectivity index (χ3n) is 2.66. The smallest absolute Gasteiger partial charge is 0.0283 e. The van der Waals surface area contributed by atoms with Crippen LogP contribution in [0.1, 0.15) is 12.0 Å². The number of allylic oxidation sites excluding steroid dienone is 3. The van der Waals surface area contributed by atoms with Crippen molar-refractivity contribution in [2.75, 3.05) is 5.33 Å². The lowest BCUT2D eigenvalue weighted by molar-refractivity contribution is 0.753. The first-order chi connectivity index (χ1) is 8.81. The molecule has 0 bridgehead atoms. The summed E-state index contributed by atoms with van der Waals surface area (Å²) >= 11 is 6.99. The second-order valence-electron chi connectivity index (χ2n) is 4.06. The second-order valence-corrected chi connectivity index (χ2v) is 7.54. The Morgan fingerprint density at radius 1 is 1.11 bits per heavy atom. The molecule has 18 heavy (non-hydrogen) atoms. The molecule has 1 aromatic rings. The van der Waals surface area contributed by atoms with Gasteiger partial charge in [-0.2, -0.15) is 0 Å². The van der Waals surface area contributed by atoms with Crippen molar-refractivity contribution >= 4 is 53.4 Å². The lowest BCUT2D eigenvalue weighted by Gasteiger charge is -2.12. The van der Waals surface area contributed by atoms with E-state index in [1.807, 2.05) is 21.6 Å². The maximum Gasteiger partial charge on any atom is 0.0283 e. The van der Waals surface area contributed by atoms with E-state index in [1.165, 1.54) is 15.4 Å². The molecule has 0 radical (unpaired) electrons. The SMILES string of the molecule is BrCc1ccc(SSC2=CCC(CBr)C=C2)cc1. The van der Waals surface area contributed by atoms with E-state index in [0.29, 0.717) is 5.92 Å². The molecule has 1 aromatic carbocycles. The van der Waals surface area contributed by atoms with Crippen LogP contribution in [0.5, 0.6) is 0 Å². The molecule has 0 N–H and O–H groups in total. The summed E-state index contributed by atoms with van der Waals surface area (Å²) in [6.45, 7) is 0. The van der Waals surface area contributed by atoms with Crippen molar-refractivity contribution in [1.29, 1.82) is 0 Å². The molecule has 0 fully saturated rings. The van der Waals surface area contributed by atoms with Gasteiger partial charge < -0.3 is 0 Å². The van der Waals surface area contributed by atoms with Gasteiger partial charge >= 0.3 is 0 Å². The van der Waals surface area contributed by atoms with Crippen LogP contribution in [0.15, 0.2) is 52.3 Å². The van der Waals surface area contributed by atoms with E-state index in [2.05, 4.69) is 74.4 Å². The zero-order chi connectivity index (χ0) is 12.8. The molecule has 1 aliphatic carbocycles. The van der Waals surface area contributed by atoms with Crippen LogP contribution >= 0.6 is 53.4 Å². The molecule has 0 saturated carbocycles. The van der Waals surface area contributed by atoms with Crippen molar-refractivity contribution in [3.63, 3.8) is 0 Å². The molecule has 0 spiro atoms. The van der Waals surface area contributed by atoms with Crippen molar-refractivity contribution in [2.45, 2.75) is 16.6 Å². The molecule has 0 saturated heterocycles. The Hall–Kier alpha value is 0.360. The molecule has 1 unspecified atom stereocenters. The van der Waals surface area contributed by atoms with Crippen molar-refractivity contribution in [2.24, 2.45) is 5.92 Å². The van der Waals surface area contributed by atoms with Gasteiger partial charge in [-0.3, -0.25) is 0 Å². The van der Waals surface area contributed by atoms with Gasteiger partial charge in [0.25, 0.3) is 0 Å². The minimum Gasteiger partial charge on any atom is -0.0922 e. The molecular formula is C14H14Br2S2. The van der Waals surface area contributed by atoms with Crippen LogP contribution in [0.25, 0.3) is 0 Å². The average molecular weight is 406 g/mol. The quantitative estimate of drug-likeness (QED) is 0.423. The van der Waals surface area contributed by atoms with E-state index in [4.69, 9.17) is 0 Å². The van der Waals surface area contributed by atoms with Gasteiger partial charge in [0, 0.05) is 20.5 Å². The first-order valence-corrected chi connectivity index (χ1v) is 10.1. The Balaban J connectivity index is 1.85. The summed E-state index contributed by atoms with van der Waals surface area (Å²) in [6.07, 6.45) is 8.01. The number of alkyl halides is 2. The van der Waals surface area contributed by atoms with Crippen LogP contribution < -0.4 is 0 Å². The van der Waals surface area contributed by atoms with Crippen LogP contribution in [0.3, 0.4) is 0 Å². The monoisotopic (exact) mass is 404 g/mol. The molecule has 1 atom stereocenters. The maximum atomic E-state index is 3.52. The Morgan fingerprint density at radius 2 is 1.89 bits per heavy atom. The summed E-state index contributed by atoms with van der Waals surface area (Å²) in [6, 6.07) is 8.71. The fraction of sp³-hybridized carbons (Fsp3) is 0.286. The fourth-order valence-corrected chi connectivity index (χ4v) is 4.43. The molecule has 0 nitrogen and oxygen atoms in total. The number of benzene rings is 1. The van der Waals surface area contributed by atoms with E-state index < -0.39 is 0 Å². The summed E-state index contributed by atoms with van der Waals surface area (Å²) in [7, 11) is 3.67. The second kappa shape index (κ2) is 7.83. The maximum absolute atomic E-state index is 3.52. The van der Waals surface area contributed by atoms with Crippen molar-refractivity contribution < 1.29 is 0 Å². The van der Waals surface area contributed by atoms with Crippen molar-refractivity contribution in [1.82, 2.24) is 0 Å². The van der Waals surface area contributed by atoms with Crippen LogP contribution in [0, 0.1) is 5.92 Å². The van der Waals surface area contributed by atoms with E-state index in [0.717, 1.165) is 17.1 Å². The third-order valence-corrected chi connectivity index (χ3v) is 6.59. The molecule has 0 heterocycles. The average Bonchev–Trinajstić information content (AvgIpc) is 2.46. The minimum absolute atomic E-state index is 0.664. The number of hydrogen-bond acceptors (Lipinski definition) is 2. The van der Waals surface area contributed by atoms with Gasteiger partial charge in [-0.25, -0.2) is 0 Å². The van der Waals surface area contributed by atoms with E-state index in [1.54, 1.807) is 0 Å². The topological polar surface area (TPSA) is 0 Å². The highest BCUT2D eigenvalue weighted by Gasteiger charge is 2.07. The molecule has 96 valence electrons. The lowest BCUT2D eigenvalue weighted by Crippen LogP contribution is -1.99. The van der Waals surface area contributed by atoms with E-state index in [9.17, 15) is 0 Å². The summed E-state index contributed by atoms with van der Waals surface area (Å²) in [5, 5.41) is 1.98. The predicted octanol–water partition coefficient (Wildman–Crippen LogP) is 6.18. The highest BCUT2D eigenvalue weighted by molar-refractivity contribution is 9.09. The van der Waals surface area contributed by atoms with Gasteiger partial charge in [-0.05, 0) is 30.0 Å². The van der Waals surface area contributed by atoms with E-state index >= 15 is 0 Å². The molecule has 4 heteroatoms. The Labute approximate surface area is 133 Å². The van der Waals surface area contributed by atoms with Gasteiger partial charge in [0.2, 0.25) is 0 Å². The molecule has 0 aliphatic heterocycles. The van der Waals surface area contributed by atoms with Crippen molar-refractivity contribution in [3.05, 3.63) is 53.0 Å². The standard InChI is InChI=1S/C14H14Br2S2/c15-9-11-1-5-13(6-2-11)17-18-14-7-3-12(10-16)4-8-14/h1-3,5-8,12H,4,9-10H2. The Kier molecular flexibility index (Phi) is 6.42. The molecule has 1 aliphatic rings. The van der Waals surface area contributed by atoms with Gasteiger partial charge in [-0.15, -0.1) is 0 Å². The van der Waals surface area contributed by atoms with Crippen molar-refractivity contribution in [3.8, 4) is 0 Å². The molecule has 0 amide bonds. The molecule has 2 rings (SSSR count). The van der Waals surface area contributed by atoms with Gasteiger partial charge in [-0.1, -0.05) is 83.8 Å². The van der Waals surface area contributed by atoms with E-state index in [-0.39, 0.29) is 0 Å². The normalized spacial score (nSPS) is 18.8. The van der Waals surface area contributed by atoms with Crippen LogP contribution in [0.4, 0.5) is 0 Å². The highest BCUT2D eigenvalue weighted by Crippen LogP contribution is 2.39. The van der Waals surface area contributed by atoms with Crippen LogP contribution in [-0.4, -0.2) is 5.33 Å². The number of halogens is 2. The minimum atomic E-state index is 0.664. The Morgan fingerprint density at radius 3 is 2.44 bits per heavy atom. The third kappa shape index (κ3) is 4.48. The first-order valence-electron chi connectivity index (χ1n) is 5.75. The largest absolute Gasteiger partial charge is 0.0922 e. The zero-order valence-electron chi connectivity index (χ0n) is 9.81. The first kappa shape index (κ1) is 14.8. The highest BCUT2D eigenvalue weighted by atomic mass is 79.9. The summed E-state index contributed by atoms with van der Waals surface area (Å²) < 4.78 is 0. The summed E-state index contributed by atoms with van der Waals surface area (Å²) in [5.74, 6) is 0.664. The van der Waals surface area contributed by atoms with Gasteiger partial charge in [0.1, 0.15) is 0 Å². The van der Waals surface area contributed by atoms with Crippen LogP contribution in [0.2, 0.25) is 0 Å². The fourth-order valence-electron chi connectivity index (χ4n) is 1.55.